The molecule has 1 heterocycles. The number of benzene rings is 1. The van der Waals surface area contributed by atoms with Crippen LogP contribution in [0.5, 0.6) is 5.75 Å². The van der Waals surface area contributed by atoms with Crippen LogP contribution in [0.2, 0.25) is 0 Å². The monoisotopic (exact) mass is 261 g/mol. The van der Waals surface area contributed by atoms with Crippen molar-refractivity contribution in [2.75, 3.05) is 25.6 Å². The third kappa shape index (κ3) is 3.99. The van der Waals surface area contributed by atoms with Crippen LogP contribution < -0.4 is 10.1 Å². The molecule has 2 rings (SSSR count). The van der Waals surface area contributed by atoms with Gasteiger partial charge in [0.2, 0.25) is 0 Å². The van der Waals surface area contributed by atoms with Gasteiger partial charge in [-0.3, -0.25) is 0 Å². The predicted molar refractivity (Wildman–Crippen MR) is 74.5 cm³/mol. The smallest absolute Gasteiger partial charge is 0.142 e. The van der Waals surface area contributed by atoms with E-state index in [1.54, 1.807) is 13.3 Å². The van der Waals surface area contributed by atoms with Gasteiger partial charge in [-0.1, -0.05) is 6.07 Å². The first-order valence-corrected chi connectivity index (χ1v) is 6.24. The maximum atomic E-state index is 5.71. The summed E-state index contributed by atoms with van der Waals surface area (Å²) in [6, 6.07) is 6.08. The van der Waals surface area contributed by atoms with Crippen molar-refractivity contribution in [3.05, 3.63) is 42.0 Å². The van der Waals surface area contributed by atoms with Crippen molar-refractivity contribution in [1.82, 2.24) is 9.97 Å². The number of H-pyrrole nitrogens is 1. The largest absolute Gasteiger partial charge is 0.489 e. The molecular weight excluding hydrogens is 242 g/mol. The number of nitrogens with one attached hydrogen (secondary N) is 2. The van der Waals surface area contributed by atoms with E-state index >= 15 is 0 Å². The number of hydrogen-bond donors (Lipinski definition) is 2. The van der Waals surface area contributed by atoms with Crippen LogP contribution in [0, 0.1) is 6.92 Å². The SMILES string of the molecule is COCCOc1cc(C)ccc1NCc1ncc[nH]1. The Balaban J connectivity index is 2.01. The molecule has 1 aromatic carbocycles. The summed E-state index contributed by atoms with van der Waals surface area (Å²) in [4.78, 5) is 7.23. The first-order chi connectivity index (χ1) is 9.29. The first kappa shape index (κ1) is 13.4. The van der Waals surface area contributed by atoms with E-state index in [1.807, 2.05) is 31.3 Å². The van der Waals surface area contributed by atoms with Gasteiger partial charge in [0.05, 0.1) is 18.8 Å². The predicted octanol–water partition coefficient (Wildman–Crippen LogP) is 2.36. The van der Waals surface area contributed by atoms with Crippen LogP contribution in [0.3, 0.4) is 0 Å². The number of anilines is 1. The molecule has 1 aromatic heterocycles. The third-order valence-corrected chi connectivity index (χ3v) is 2.68. The Labute approximate surface area is 113 Å². The van der Waals surface area contributed by atoms with E-state index in [2.05, 4.69) is 15.3 Å². The molecule has 0 aliphatic carbocycles. The zero-order valence-electron chi connectivity index (χ0n) is 11.3. The van der Waals surface area contributed by atoms with Crippen LogP contribution in [0.25, 0.3) is 0 Å². The fourth-order valence-electron chi connectivity index (χ4n) is 1.70. The van der Waals surface area contributed by atoms with E-state index in [-0.39, 0.29) is 0 Å². The van der Waals surface area contributed by atoms with Gasteiger partial charge in [0, 0.05) is 19.5 Å². The van der Waals surface area contributed by atoms with Crippen LogP contribution >= 0.6 is 0 Å². The molecule has 19 heavy (non-hydrogen) atoms. The lowest BCUT2D eigenvalue weighted by Crippen LogP contribution is -2.08. The molecule has 0 radical (unpaired) electrons. The molecule has 102 valence electrons. The van der Waals surface area contributed by atoms with Gasteiger partial charge >= 0.3 is 0 Å². The molecule has 0 spiro atoms. The molecule has 0 amide bonds. The Morgan fingerprint density at radius 3 is 2.95 bits per heavy atom. The van der Waals surface area contributed by atoms with Crippen LogP contribution in [0.15, 0.2) is 30.6 Å². The topological polar surface area (TPSA) is 59.2 Å². The molecule has 0 unspecified atom stereocenters. The minimum Gasteiger partial charge on any atom is -0.489 e. The lowest BCUT2D eigenvalue weighted by atomic mass is 10.2. The summed E-state index contributed by atoms with van der Waals surface area (Å²) in [5, 5.41) is 3.31. The average molecular weight is 261 g/mol. The van der Waals surface area contributed by atoms with Gasteiger partial charge in [0.1, 0.15) is 18.2 Å². The van der Waals surface area contributed by atoms with Crippen molar-refractivity contribution in [1.29, 1.82) is 0 Å². The highest BCUT2D eigenvalue weighted by atomic mass is 16.5. The van der Waals surface area contributed by atoms with Gasteiger partial charge < -0.3 is 19.8 Å². The Hall–Kier alpha value is -2.01. The summed E-state index contributed by atoms with van der Waals surface area (Å²) in [6.07, 6.45) is 3.55. The summed E-state index contributed by atoms with van der Waals surface area (Å²) in [5.74, 6) is 1.73. The number of rotatable bonds is 7. The van der Waals surface area contributed by atoms with Crippen LogP contribution in [-0.4, -0.2) is 30.3 Å². The van der Waals surface area contributed by atoms with E-state index in [0.717, 1.165) is 22.8 Å². The van der Waals surface area contributed by atoms with E-state index in [4.69, 9.17) is 9.47 Å². The molecule has 5 heteroatoms. The Morgan fingerprint density at radius 1 is 1.32 bits per heavy atom. The maximum Gasteiger partial charge on any atom is 0.142 e. The second-order valence-electron chi connectivity index (χ2n) is 4.23. The van der Waals surface area contributed by atoms with Crippen molar-refractivity contribution in [2.24, 2.45) is 0 Å². The summed E-state index contributed by atoms with van der Waals surface area (Å²) >= 11 is 0. The summed E-state index contributed by atoms with van der Waals surface area (Å²) in [7, 11) is 1.66. The van der Waals surface area contributed by atoms with E-state index in [1.165, 1.54) is 0 Å². The Kier molecular flexibility index (Phi) is 4.80. The molecule has 0 atom stereocenters. The molecule has 0 fully saturated rings. The number of methoxy groups -OCH3 is 1. The summed E-state index contributed by atoms with van der Waals surface area (Å²) < 4.78 is 10.7. The number of aromatic nitrogens is 2. The van der Waals surface area contributed by atoms with Gasteiger partial charge in [-0.2, -0.15) is 0 Å². The fourth-order valence-corrected chi connectivity index (χ4v) is 1.70. The van der Waals surface area contributed by atoms with Crippen molar-refractivity contribution >= 4 is 5.69 Å². The van der Waals surface area contributed by atoms with Crippen molar-refractivity contribution in [3.63, 3.8) is 0 Å². The number of imidazole rings is 1. The molecule has 0 aliphatic heterocycles. The van der Waals surface area contributed by atoms with Gasteiger partial charge in [0.15, 0.2) is 0 Å². The Bertz CT molecular complexity index is 497. The van der Waals surface area contributed by atoms with E-state index in [9.17, 15) is 0 Å². The van der Waals surface area contributed by atoms with Crippen molar-refractivity contribution in [2.45, 2.75) is 13.5 Å². The highest BCUT2D eigenvalue weighted by molar-refractivity contribution is 5.57. The minimum atomic E-state index is 0.537. The zero-order valence-corrected chi connectivity index (χ0v) is 11.3. The average Bonchev–Trinajstić information content (AvgIpc) is 2.91. The molecule has 2 N–H and O–H groups in total. The number of aromatic amines is 1. The molecular formula is C14H19N3O2. The zero-order chi connectivity index (χ0) is 13.5. The Morgan fingerprint density at radius 2 is 2.21 bits per heavy atom. The standard InChI is InChI=1S/C14H19N3O2/c1-11-3-4-12(13(9-11)19-8-7-18-2)17-10-14-15-5-6-16-14/h3-6,9,17H,7-8,10H2,1-2H3,(H,15,16). The van der Waals surface area contributed by atoms with Crippen molar-refractivity contribution in [3.8, 4) is 5.75 Å². The summed E-state index contributed by atoms with van der Waals surface area (Å²) in [6.45, 7) is 3.79. The van der Waals surface area contributed by atoms with Gasteiger partial charge in [0.25, 0.3) is 0 Å². The van der Waals surface area contributed by atoms with E-state index in [0.29, 0.717) is 19.8 Å². The number of ether oxygens (including phenoxy) is 2. The van der Waals surface area contributed by atoms with Crippen LogP contribution in [0.4, 0.5) is 5.69 Å². The molecule has 0 saturated heterocycles. The lowest BCUT2D eigenvalue weighted by Gasteiger charge is -2.13. The number of hydrogen-bond acceptors (Lipinski definition) is 4. The highest BCUT2D eigenvalue weighted by Gasteiger charge is 2.04. The molecule has 0 bridgehead atoms. The number of nitrogens with zero attached hydrogens (tertiary/aromatic N) is 1. The molecule has 0 aliphatic rings. The van der Waals surface area contributed by atoms with Crippen molar-refractivity contribution < 1.29 is 9.47 Å². The highest BCUT2D eigenvalue weighted by Crippen LogP contribution is 2.26. The number of aryl methyl sites for hydroxylation is 1. The molecule has 5 nitrogen and oxygen atoms in total. The van der Waals surface area contributed by atoms with Gasteiger partial charge in [-0.05, 0) is 24.6 Å². The first-order valence-electron chi connectivity index (χ1n) is 6.24. The van der Waals surface area contributed by atoms with Gasteiger partial charge in [-0.15, -0.1) is 0 Å². The van der Waals surface area contributed by atoms with Gasteiger partial charge in [-0.25, -0.2) is 4.98 Å². The minimum absolute atomic E-state index is 0.537. The fraction of sp³-hybridized carbons (Fsp3) is 0.357. The lowest BCUT2D eigenvalue weighted by molar-refractivity contribution is 0.146. The third-order valence-electron chi connectivity index (χ3n) is 2.68. The summed E-state index contributed by atoms with van der Waals surface area (Å²) in [5.41, 5.74) is 2.12. The normalized spacial score (nSPS) is 10.4. The molecule has 2 aromatic rings. The quantitative estimate of drug-likeness (QED) is 0.751. The van der Waals surface area contributed by atoms with Crippen LogP contribution in [0.1, 0.15) is 11.4 Å². The second kappa shape index (κ2) is 6.80. The van der Waals surface area contributed by atoms with E-state index < -0.39 is 0 Å². The maximum absolute atomic E-state index is 5.71. The molecule has 0 saturated carbocycles. The van der Waals surface area contributed by atoms with Crippen LogP contribution in [-0.2, 0) is 11.3 Å². The second-order valence-corrected chi connectivity index (χ2v) is 4.23.